The molecule has 1 atom stereocenters. The number of aromatic nitrogens is 2. The van der Waals surface area contributed by atoms with E-state index in [1.807, 2.05) is 73.3 Å². The maximum atomic E-state index is 12.6. The van der Waals surface area contributed by atoms with Crippen molar-refractivity contribution in [1.29, 1.82) is 0 Å². The number of carbonyl (C=O) groups is 1. The highest BCUT2D eigenvalue weighted by Crippen LogP contribution is 2.18. The fraction of sp³-hybridized carbons (Fsp3) is 0.238. The number of amides is 1. The predicted octanol–water partition coefficient (Wildman–Crippen LogP) is 4.74. The van der Waals surface area contributed by atoms with Crippen LogP contribution in [0, 0.1) is 0 Å². The molecule has 1 aromatic heterocycles. The lowest BCUT2D eigenvalue weighted by molar-refractivity contribution is 0.0939. The third-order valence-corrected chi connectivity index (χ3v) is 4.71. The largest absolute Gasteiger partial charge is 0.489 e. The van der Waals surface area contributed by atoms with E-state index in [0.29, 0.717) is 12.2 Å². The van der Waals surface area contributed by atoms with Crippen LogP contribution in [0.25, 0.3) is 0 Å². The van der Waals surface area contributed by atoms with Gasteiger partial charge in [-0.1, -0.05) is 28.1 Å². The van der Waals surface area contributed by atoms with Crippen molar-refractivity contribution >= 4 is 21.8 Å². The van der Waals surface area contributed by atoms with E-state index in [2.05, 4.69) is 26.3 Å². The number of hydrogen-bond donors (Lipinski definition) is 1. The van der Waals surface area contributed by atoms with Crippen molar-refractivity contribution in [3.8, 4) is 5.75 Å². The Hall–Kier alpha value is -2.60. The first-order valence-corrected chi connectivity index (χ1v) is 9.66. The summed E-state index contributed by atoms with van der Waals surface area (Å²) in [6, 6.07) is 16.9. The predicted molar refractivity (Wildman–Crippen MR) is 109 cm³/mol. The number of ether oxygens (including phenoxy) is 1. The van der Waals surface area contributed by atoms with Crippen LogP contribution in [-0.4, -0.2) is 15.7 Å². The molecule has 0 fully saturated rings. The lowest BCUT2D eigenvalue weighted by Crippen LogP contribution is -2.27. The van der Waals surface area contributed by atoms with E-state index in [1.54, 1.807) is 6.07 Å². The smallest absolute Gasteiger partial charge is 0.251 e. The van der Waals surface area contributed by atoms with Gasteiger partial charge in [0.05, 0.1) is 11.7 Å². The van der Waals surface area contributed by atoms with E-state index >= 15 is 0 Å². The fourth-order valence-corrected chi connectivity index (χ4v) is 2.90. The molecule has 0 aliphatic rings. The molecule has 6 heteroatoms. The highest BCUT2D eigenvalue weighted by atomic mass is 79.9. The molecule has 0 spiro atoms. The number of nitrogens with one attached hydrogen (secondary N) is 1. The Morgan fingerprint density at radius 2 is 2.00 bits per heavy atom. The highest BCUT2D eigenvalue weighted by Gasteiger charge is 2.14. The molecule has 1 N–H and O–H groups in total. The summed E-state index contributed by atoms with van der Waals surface area (Å²) < 4.78 is 8.63. The summed E-state index contributed by atoms with van der Waals surface area (Å²) in [5.41, 5.74) is 2.39. The molecule has 0 bridgehead atoms. The molecule has 140 valence electrons. The normalized spacial score (nSPS) is 11.8. The summed E-state index contributed by atoms with van der Waals surface area (Å²) in [5.74, 6) is 0.659. The zero-order chi connectivity index (χ0) is 19.2. The first kappa shape index (κ1) is 19.2. The van der Waals surface area contributed by atoms with Crippen LogP contribution in [0.15, 0.2) is 65.3 Å². The van der Waals surface area contributed by atoms with E-state index in [0.717, 1.165) is 28.0 Å². The molecule has 0 aliphatic heterocycles. The van der Waals surface area contributed by atoms with Gasteiger partial charge in [-0.2, -0.15) is 5.10 Å². The van der Waals surface area contributed by atoms with Gasteiger partial charge < -0.3 is 10.1 Å². The standard InChI is InChI=1S/C21H22BrN3O2/c1-3-25-12-11-20(24-25)15(2)23-21(26)17-6-4-5-16(13-17)14-27-19-9-7-18(22)8-10-19/h4-13,15H,3,14H2,1-2H3,(H,23,26). The molecule has 27 heavy (non-hydrogen) atoms. The van der Waals surface area contributed by atoms with Gasteiger partial charge in [-0.05, 0) is 61.9 Å². The van der Waals surface area contributed by atoms with Gasteiger partial charge in [-0.3, -0.25) is 9.48 Å². The van der Waals surface area contributed by atoms with Gasteiger partial charge in [-0.25, -0.2) is 0 Å². The van der Waals surface area contributed by atoms with Crippen molar-refractivity contribution in [2.24, 2.45) is 0 Å². The van der Waals surface area contributed by atoms with Crippen molar-refractivity contribution in [1.82, 2.24) is 15.1 Å². The first-order chi connectivity index (χ1) is 13.0. The number of nitrogens with zero attached hydrogens (tertiary/aromatic N) is 2. The van der Waals surface area contributed by atoms with E-state index < -0.39 is 0 Å². The highest BCUT2D eigenvalue weighted by molar-refractivity contribution is 9.10. The lowest BCUT2D eigenvalue weighted by atomic mass is 10.1. The lowest BCUT2D eigenvalue weighted by Gasteiger charge is -2.13. The quantitative estimate of drug-likeness (QED) is 0.592. The minimum atomic E-state index is -0.159. The number of halogens is 1. The third-order valence-electron chi connectivity index (χ3n) is 4.18. The molecule has 5 nitrogen and oxygen atoms in total. The SMILES string of the molecule is CCn1ccc(C(C)NC(=O)c2cccc(COc3ccc(Br)cc3)c2)n1. The van der Waals surface area contributed by atoms with E-state index in [4.69, 9.17) is 4.74 Å². The zero-order valence-electron chi connectivity index (χ0n) is 15.4. The van der Waals surface area contributed by atoms with Gasteiger partial charge in [-0.15, -0.1) is 0 Å². The summed E-state index contributed by atoms with van der Waals surface area (Å²) in [4.78, 5) is 12.6. The van der Waals surface area contributed by atoms with Gasteiger partial charge in [0.15, 0.2) is 0 Å². The van der Waals surface area contributed by atoms with E-state index in [9.17, 15) is 4.79 Å². The number of aryl methyl sites for hydroxylation is 1. The number of benzene rings is 2. The maximum Gasteiger partial charge on any atom is 0.251 e. The van der Waals surface area contributed by atoms with Crippen molar-refractivity contribution in [2.75, 3.05) is 0 Å². The summed E-state index contributed by atoms with van der Waals surface area (Å²) in [7, 11) is 0. The molecule has 0 radical (unpaired) electrons. The Balaban J connectivity index is 1.61. The molecule has 1 heterocycles. The van der Waals surface area contributed by atoms with Crippen LogP contribution in [0.3, 0.4) is 0 Å². The van der Waals surface area contributed by atoms with Crippen LogP contribution >= 0.6 is 15.9 Å². The second kappa shape index (κ2) is 8.86. The van der Waals surface area contributed by atoms with Crippen molar-refractivity contribution in [3.63, 3.8) is 0 Å². The summed E-state index contributed by atoms with van der Waals surface area (Å²) in [6.07, 6.45) is 1.91. The second-order valence-corrected chi connectivity index (χ2v) is 7.15. The van der Waals surface area contributed by atoms with Gasteiger partial charge in [0.1, 0.15) is 12.4 Å². The topological polar surface area (TPSA) is 56.2 Å². The Morgan fingerprint density at radius 1 is 1.22 bits per heavy atom. The Labute approximate surface area is 167 Å². The molecule has 2 aromatic carbocycles. The molecule has 0 aliphatic carbocycles. The Morgan fingerprint density at radius 3 is 2.70 bits per heavy atom. The molecule has 1 amide bonds. The monoisotopic (exact) mass is 427 g/mol. The summed E-state index contributed by atoms with van der Waals surface area (Å²) in [5, 5.41) is 7.44. The van der Waals surface area contributed by atoms with Crippen LogP contribution < -0.4 is 10.1 Å². The van der Waals surface area contributed by atoms with Crippen molar-refractivity contribution in [2.45, 2.75) is 33.0 Å². The minimum absolute atomic E-state index is 0.126. The molecule has 3 rings (SSSR count). The van der Waals surface area contributed by atoms with Crippen LogP contribution in [0.4, 0.5) is 0 Å². The van der Waals surface area contributed by atoms with Crippen molar-refractivity contribution < 1.29 is 9.53 Å². The van der Waals surface area contributed by atoms with E-state index in [-0.39, 0.29) is 11.9 Å². The van der Waals surface area contributed by atoms with Gasteiger partial charge in [0.2, 0.25) is 0 Å². The van der Waals surface area contributed by atoms with Gasteiger partial charge in [0, 0.05) is 22.8 Å². The van der Waals surface area contributed by atoms with Gasteiger partial charge >= 0.3 is 0 Å². The fourth-order valence-electron chi connectivity index (χ4n) is 2.64. The Bertz CT molecular complexity index is 906. The van der Waals surface area contributed by atoms with Crippen LogP contribution in [-0.2, 0) is 13.2 Å². The van der Waals surface area contributed by atoms with Gasteiger partial charge in [0.25, 0.3) is 5.91 Å². The molecule has 0 saturated heterocycles. The van der Waals surface area contributed by atoms with Crippen LogP contribution in [0.5, 0.6) is 5.75 Å². The Kier molecular flexibility index (Phi) is 6.29. The van der Waals surface area contributed by atoms with Crippen LogP contribution in [0.1, 0.15) is 41.5 Å². The average molecular weight is 428 g/mol. The first-order valence-electron chi connectivity index (χ1n) is 8.86. The minimum Gasteiger partial charge on any atom is -0.489 e. The summed E-state index contributed by atoms with van der Waals surface area (Å²) >= 11 is 3.40. The van der Waals surface area contributed by atoms with Crippen molar-refractivity contribution in [3.05, 3.63) is 82.1 Å². The zero-order valence-corrected chi connectivity index (χ0v) is 16.9. The molecule has 3 aromatic rings. The second-order valence-electron chi connectivity index (χ2n) is 6.23. The molecular weight excluding hydrogens is 406 g/mol. The number of rotatable bonds is 7. The molecule has 0 saturated carbocycles. The molecular formula is C21H22BrN3O2. The molecule has 1 unspecified atom stereocenters. The average Bonchev–Trinajstić information content (AvgIpc) is 3.17. The number of hydrogen-bond acceptors (Lipinski definition) is 3. The van der Waals surface area contributed by atoms with Crippen LogP contribution in [0.2, 0.25) is 0 Å². The summed E-state index contributed by atoms with van der Waals surface area (Å²) in [6.45, 7) is 5.17. The van der Waals surface area contributed by atoms with E-state index in [1.165, 1.54) is 0 Å². The number of carbonyl (C=O) groups excluding carboxylic acids is 1. The maximum absolute atomic E-state index is 12.6. The third kappa shape index (κ3) is 5.20.